The Bertz CT molecular complexity index is 637. The molecule has 1 saturated carbocycles. The van der Waals surface area contributed by atoms with Gasteiger partial charge in [0, 0.05) is 17.7 Å². The normalized spacial score (nSPS) is 14.5. The summed E-state index contributed by atoms with van der Waals surface area (Å²) in [6, 6.07) is 5.41. The van der Waals surface area contributed by atoms with Gasteiger partial charge in [-0.05, 0) is 49.4 Å². The summed E-state index contributed by atoms with van der Waals surface area (Å²) in [7, 11) is -3.27. The predicted molar refractivity (Wildman–Crippen MR) is 79.9 cm³/mol. The van der Waals surface area contributed by atoms with E-state index in [2.05, 4.69) is 16.6 Å². The van der Waals surface area contributed by atoms with Crippen LogP contribution in [0.4, 0.5) is 5.69 Å². The van der Waals surface area contributed by atoms with Gasteiger partial charge in [-0.15, -0.1) is 0 Å². The molecule has 5 heteroatoms. The Morgan fingerprint density at radius 1 is 1.35 bits per heavy atom. The molecule has 0 heterocycles. The molecule has 0 aliphatic heterocycles. The highest BCUT2D eigenvalue weighted by Crippen LogP contribution is 2.30. The van der Waals surface area contributed by atoms with E-state index in [1.54, 1.807) is 12.1 Å². The first-order chi connectivity index (χ1) is 9.48. The van der Waals surface area contributed by atoms with Crippen molar-refractivity contribution in [3.05, 3.63) is 29.3 Å². The number of benzene rings is 1. The monoisotopic (exact) mass is 293 g/mol. The number of anilines is 1. The van der Waals surface area contributed by atoms with Gasteiger partial charge in [0.15, 0.2) is 0 Å². The van der Waals surface area contributed by atoms with Gasteiger partial charge in [-0.25, -0.2) is 8.42 Å². The lowest BCUT2D eigenvalue weighted by molar-refractivity contribution is 0.305. The third kappa shape index (κ3) is 4.87. The van der Waals surface area contributed by atoms with Gasteiger partial charge in [-0.2, -0.15) is 0 Å². The van der Waals surface area contributed by atoms with Crippen LogP contribution in [0, 0.1) is 24.7 Å². The summed E-state index contributed by atoms with van der Waals surface area (Å²) in [5, 5.41) is 8.70. The maximum absolute atomic E-state index is 12.0. The van der Waals surface area contributed by atoms with Crippen molar-refractivity contribution < 1.29 is 13.5 Å². The molecule has 20 heavy (non-hydrogen) atoms. The van der Waals surface area contributed by atoms with Crippen molar-refractivity contribution in [1.29, 1.82) is 0 Å². The van der Waals surface area contributed by atoms with E-state index >= 15 is 0 Å². The lowest BCUT2D eigenvalue weighted by Gasteiger charge is -2.09. The lowest BCUT2D eigenvalue weighted by atomic mass is 10.1. The highest BCUT2D eigenvalue weighted by Gasteiger charge is 2.27. The first-order valence-electron chi connectivity index (χ1n) is 6.70. The molecule has 0 amide bonds. The minimum atomic E-state index is -3.27. The molecule has 1 aliphatic rings. The van der Waals surface area contributed by atoms with E-state index in [4.69, 9.17) is 5.11 Å². The summed E-state index contributed by atoms with van der Waals surface area (Å²) in [5.41, 5.74) is 2.26. The third-order valence-corrected chi connectivity index (χ3v) is 4.43. The number of sulfonamides is 1. The second-order valence-electron chi connectivity index (χ2n) is 5.19. The molecule has 0 unspecified atom stereocenters. The number of hydrogen-bond donors (Lipinski definition) is 2. The molecule has 108 valence electrons. The van der Waals surface area contributed by atoms with Crippen molar-refractivity contribution in [2.24, 2.45) is 5.92 Å². The molecular formula is C15H19NO3S. The minimum absolute atomic E-state index is 0.0275. The molecule has 1 aromatic rings. The van der Waals surface area contributed by atoms with Crippen molar-refractivity contribution >= 4 is 15.7 Å². The van der Waals surface area contributed by atoms with Gasteiger partial charge in [-0.3, -0.25) is 4.72 Å². The second kappa shape index (κ2) is 6.29. The van der Waals surface area contributed by atoms with Crippen LogP contribution in [0.15, 0.2) is 18.2 Å². The van der Waals surface area contributed by atoms with Crippen LogP contribution in [0.5, 0.6) is 0 Å². The van der Waals surface area contributed by atoms with Crippen LogP contribution >= 0.6 is 0 Å². The molecule has 0 radical (unpaired) electrons. The molecule has 1 aliphatic carbocycles. The van der Waals surface area contributed by atoms with Gasteiger partial charge in [0.25, 0.3) is 0 Å². The Hall–Kier alpha value is -1.51. The van der Waals surface area contributed by atoms with Crippen molar-refractivity contribution in [2.45, 2.75) is 26.2 Å². The standard InChI is InChI=1S/C15H19NO3S/c1-12-8-14(4-2-3-7-17)10-15(9-12)16-20(18,19)11-13-5-6-13/h8-10,13,16-17H,3,5-7,11H2,1H3. The molecular weight excluding hydrogens is 274 g/mol. The van der Waals surface area contributed by atoms with Crippen LogP contribution in [0.3, 0.4) is 0 Å². The molecule has 1 aromatic carbocycles. The number of aryl methyl sites for hydroxylation is 1. The highest BCUT2D eigenvalue weighted by molar-refractivity contribution is 7.92. The smallest absolute Gasteiger partial charge is 0.232 e. The van der Waals surface area contributed by atoms with E-state index < -0.39 is 10.0 Å². The minimum Gasteiger partial charge on any atom is -0.395 e. The first kappa shape index (κ1) is 14.9. The van der Waals surface area contributed by atoms with Gasteiger partial charge in [0.2, 0.25) is 10.0 Å². The topological polar surface area (TPSA) is 66.4 Å². The zero-order valence-electron chi connectivity index (χ0n) is 11.5. The van der Waals surface area contributed by atoms with Crippen LogP contribution in [0.1, 0.15) is 30.4 Å². The fourth-order valence-electron chi connectivity index (χ4n) is 1.95. The van der Waals surface area contributed by atoms with Gasteiger partial charge < -0.3 is 5.11 Å². The van der Waals surface area contributed by atoms with Gasteiger partial charge in [0.05, 0.1) is 12.4 Å². The molecule has 2 rings (SSSR count). The number of aliphatic hydroxyl groups excluding tert-OH is 1. The van der Waals surface area contributed by atoms with Crippen LogP contribution in [0.2, 0.25) is 0 Å². The summed E-state index contributed by atoms with van der Waals surface area (Å²) in [6.45, 7) is 1.93. The van der Waals surface area contributed by atoms with Crippen molar-refractivity contribution in [3.8, 4) is 11.8 Å². The van der Waals surface area contributed by atoms with Crippen molar-refractivity contribution in [1.82, 2.24) is 0 Å². The number of aliphatic hydroxyl groups is 1. The van der Waals surface area contributed by atoms with E-state index in [1.165, 1.54) is 0 Å². The lowest BCUT2D eigenvalue weighted by Crippen LogP contribution is -2.17. The van der Waals surface area contributed by atoms with Crippen LogP contribution in [-0.4, -0.2) is 25.9 Å². The Labute approximate surface area is 120 Å². The summed E-state index contributed by atoms with van der Waals surface area (Å²) >= 11 is 0. The summed E-state index contributed by atoms with van der Waals surface area (Å²) in [5.74, 6) is 6.28. The molecule has 0 saturated heterocycles. The molecule has 2 N–H and O–H groups in total. The van der Waals surface area contributed by atoms with E-state index in [0.717, 1.165) is 24.0 Å². The molecule has 0 atom stereocenters. The van der Waals surface area contributed by atoms with E-state index in [9.17, 15) is 8.42 Å². The van der Waals surface area contributed by atoms with Gasteiger partial charge >= 0.3 is 0 Å². The van der Waals surface area contributed by atoms with Crippen LogP contribution in [-0.2, 0) is 10.0 Å². The van der Waals surface area contributed by atoms with Crippen molar-refractivity contribution in [3.63, 3.8) is 0 Å². The average Bonchev–Trinajstić information content (AvgIpc) is 3.11. The van der Waals surface area contributed by atoms with Gasteiger partial charge in [-0.1, -0.05) is 11.8 Å². The summed E-state index contributed by atoms with van der Waals surface area (Å²) in [4.78, 5) is 0. The Kier molecular flexibility index (Phi) is 4.69. The maximum Gasteiger partial charge on any atom is 0.232 e. The zero-order chi connectivity index (χ0) is 14.6. The molecule has 4 nitrogen and oxygen atoms in total. The number of hydrogen-bond acceptors (Lipinski definition) is 3. The molecule has 0 aromatic heterocycles. The second-order valence-corrected chi connectivity index (χ2v) is 6.96. The van der Waals surface area contributed by atoms with Crippen LogP contribution in [0.25, 0.3) is 0 Å². The Morgan fingerprint density at radius 2 is 2.10 bits per heavy atom. The fraction of sp³-hybridized carbons (Fsp3) is 0.467. The third-order valence-electron chi connectivity index (χ3n) is 2.97. The van der Waals surface area contributed by atoms with E-state index in [1.807, 2.05) is 13.0 Å². The highest BCUT2D eigenvalue weighted by atomic mass is 32.2. The fourth-order valence-corrected chi connectivity index (χ4v) is 3.46. The quantitative estimate of drug-likeness (QED) is 0.815. The summed E-state index contributed by atoms with van der Waals surface area (Å²) in [6.07, 6.45) is 2.43. The average molecular weight is 293 g/mol. The van der Waals surface area contributed by atoms with E-state index in [0.29, 0.717) is 18.0 Å². The van der Waals surface area contributed by atoms with E-state index in [-0.39, 0.29) is 12.4 Å². The molecule has 0 spiro atoms. The predicted octanol–water partition coefficient (Wildman–Crippen LogP) is 1.88. The molecule has 0 bridgehead atoms. The number of nitrogens with one attached hydrogen (secondary N) is 1. The van der Waals surface area contributed by atoms with Crippen molar-refractivity contribution in [2.75, 3.05) is 17.1 Å². The zero-order valence-corrected chi connectivity index (χ0v) is 12.3. The summed E-state index contributed by atoms with van der Waals surface area (Å²) < 4.78 is 26.5. The Balaban J connectivity index is 2.13. The maximum atomic E-state index is 12.0. The van der Waals surface area contributed by atoms with Crippen LogP contribution < -0.4 is 4.72 Å². The molecule has 1 fully saturated rings. The SMILES string of the molecule is Cc1cc(C#CCCO)cc(NS(=O)(=O)CC2CC2)c1. The number of rotatable bonds is 5. The largest absolute Gasteiger partial charge is 0.395 e. The first-order valence-corrected chi connectivity index (χ1v) is 8.35. The Morgan fingerprint density at radius 3 is 2.75 bits per heavy atom. The van der Waals surface area contributed by atoms with Gasteiger partial charge in [0.1, 0.15) is 0 Å².